The Bertz CT molecular complexity index is 1060. The van der Waals surface area contributed by atoms with E-state index in [0.717, 1.165) is 33.1 Å². The molecule has 1 aliphatic heterocycles. The van der Waals surface area contributed by atoms with Crippen LogP contribution in [0.3, 0.4) is 0 Å². The normalized spacial score (nSPS) is 12.9. The first-order valence-electron chi connectivity index (χ1n) is 6.89. The molecular formula is C18H10N2O. The third kappa shape index (κ3) is 1.23. The summed E-state index contributed by atoms with van der Waals surface area (Å²) in [4.78, 5) is 17.3. The van der Waals surface area contributed by atoms with E-state index in [9.17, 15) is 4.79 Å². The molecule has 1 aliphatic rings. The monoisotopic (exact) mass is 270 g/mol. The van der Waals surface area contributed by atoms with Gasteiger partial charge < -0.3 is 0 Å². The van der Waals surface area contributed by atoms with Crippen LogP contribution in [-0.4, -0.2) is 15.3 Å². The zero-order chi connectivity index (χ0) is 14.0. The van der Waals surface area contributed by atoms with Crippen LogP contribution in [-0.2, 0) is 0 Å². The lowest BCUT2D eigenvalue weighted by Gasteiger charge is -2.06. The van der Waals surface area contributed by atoms with Crippen LogP contribution in [0.1, 0.15) is 16.2 Å². The van der Waals surface area contributed by atoms with Gasteiger partial charge in [-0.05, 0) is 29.0 Å². The molecule has 3 nitrogen and oxygen atoms in total. The molecule has 5 rings (SSSR count). The number of ketones is 1. The zero-order valence-electron chi connectivity index (χ0n) is 11.1. The van der Waals surface area contributed by atoms with E-state index in [2.05, 4.69) is 11.1 Å². The standard InChI is InChI=1S/C18H10N2O/c21-17-16-12-6-2-1-5-11(12)9-10-15(16)20-14-8-4-3-7-13(14)19-18(17)20/h1-10H. The fourth-order valence-corrected chi connectivity index (χ4v) is 3.22. The van der Waals surface area contributed by atoms with Crippen LogP contribution < -0.4 is 0 Å². The van der Waals surface area contributed by atoms with Gasteiger partial charge in [-0.15, -0.1) is 0 Å². The molecule has 21 heavy (non-hydrogen) atoms. The Morgan fingerprint density at radius 3 is 2.62 bits per heavy atom. The fraction of sp³-hybridized carbons (Fsp3) is 0. The molecule has 0 amide bonds. The van der Waals surface area contributed by atoms with E-state index in [0.29, 0.717) is 5.82 Å². The molecule has 0 saturated heterocycles. The molecule has 98 valence electrons. The lowest BCUT2D eigenvalue weighted by atomic mass is 10.0. The minimum absolute atomic E-state index is 0.0120. The van der Waals surface area contributed by atoms with Gasteiger partial charge in [-0.2, -0.15) is 0 Å². The molecule has 3 aromatic carbocycles. The van der Waals surface area contributed by atoms with Crippen LogP contribution in [0, 0.1) is 0 Å². The number of nitrogens with zero attached hydrogens (tertiary/aromatic N) is 2. The first kappa shape index (κ1) is 10.8. The predicted molar refractivity (Wildman–Crippen MR) is 82.0 cm³/mol. The quantitative estimate of drug-likeness (QED) is 0.430. The maximum absolute atomic E-state index is 12.8. The summed E-state index contributed by atoms with van der Waals surface area (Å²) in [6.07, 6.45) is 0. The van der Waals surface area contributed by atoms with Crippen LogP contribution in [0.2, 0.25) is 0 Å². The van der Waals surface area contributed by atoms with Gasteiger partial charge in [0.1, 0.15) is 0 Å². The number of carbonyl (C=O) groups is 1. The van der Waals surface area contributed by atoms with Gasteiger partial charge in [0.25, 0.3) is 0 Å². The van der Waals surface area contributed by atoms with E-state index in [4.69, 9.17) is 0 Å². The van der Waals surface area contributed by atoms with E-state index in [1.807, 2.05) is 59.2 Å². The molecule has 0 spiro atoms. The second kappa shape index (κ2) is 3.58. The Morgan fingerprint density at radius 2 is 1.67 bits per heavy atom. The van der Waals surface area contributed by atoms with Crippen molar-refractivity contribution in [3.8, 4) is 5.69 Å². The highest BCUT2D eigenvalue weighted by molar-refractivity contribution is 6.21. The van der Waals surface area contributed by atoms with Crippen LogP contribution in [0.4, 0.5) is 0 Å². The Kier molecular flexibility index (Phi) is 1.84. The molecule has 4 aromatic rings. The van der Waals surface area contributed by atoms with Gasteiger partial charge in [0, 0.05) is 0 Å². The van der Waals surface area contributed by atoms with E-state index < -0.39 is 0 Å². The summed E-state index contributed by atoms with van der Waals surface area (Å²) in [7, 11) is 0. The number of para-hydroxylation sites is 2. The van der Waals surface area contributed by atoms with Crippen molar-refractivity contribution < 1.29 is 4.79 Å². The van der Waals surface area contributed by atoms with Crippen LogP contribution in [0.5, 0.6) is 0 Å². The number of rotatable bonds is 0. The average Bonchev–Trinajstić information content (AvgIpc) is 3.04. The smallest absolute Gasteiger partial charge is 0.231 e. The molecule has 0 aliphatic carbocycles. The second-order valence-electron chi connectivity index (χ2n) is 5.27. The lowest BCUT2D eigenvalue weighted by Crippen LogP contribution is -1.98. The van der Waals surface area contributed by atoms with Crippen molar-refractivity contribution in [3.63, 3.8) is 0 Å². The van der Waals surface area contributed by atoms with Crippen LogP contribution >= 0.6 is 0 Å². The van der Waals surface area contributed by atoms with Gasteiger partial charge >= 0.3 is 0 Å². The minimum atomic E-state index is 0.0120. The van der Waals surface area contributed by atoms with Gasteiger partial charge in [-0.25, -0.2) is 4.98 Å². The van der Waals surface area contributed by atoms with Crippen molar-refractivity contribution in [1.82, 2.24) is 9.55 Å². The van der Waals surface area contributed by atoms with Gasteiger partial charge in [0.15, 0.2) is 5.82 Å². The topological polar surface area (TPSA) is 34.9 Å². The molecule has 0 N–H and O–H groups in total. The van der Waals surface area contributed by atoms with Gasteiger partial charge in [-0.1, -0.05) is 42.5 Å². The molecule has 0 fully saturated rings. The molecule has 3 heteroatoms. The molecular weight excluding hydrogens is 260 g/mol. The maximum Gasteiger partial charge on any atom is 0.231 e. The van der Waals surface area contributed by atoms with Crippen LogP contribution in [0.25, 0.3) is 27.5 Å². The first-order chi connectivity index (χ1) is 10.3. The number of hydrogen-bond acceptors (Lipinski definition) is 2. The van der Waals surface area contributed by atoms with Gasteiger partial charge in [0.05, 0.1) is 22.3 Å². The lowest BCUT2D eigenvalue weighted by molar-refractivity contribution is 0.103. The summed E-state index contributed by atoms with van der Waals surface area (Å²) in [5, 5.41) is 2.08. The molecule has 0 bridgehead atoms. The van der Waals surface area contributed by atoms with Crippen molar-refractivity contribution in [2.45, 2.75) is 0 Å². The Labute approximate surface area is 120 Å². The fourth-order valence-electron chi connectivity index (χ4n) is 3.22. The van der Waals surface area contributed by atoms with Crippen molar-refractivity contribution in [1.29, 1.82) is 0 Å². The average molecular weight is 270 g/mol. The summed E-state index contributed by atoms with van der Waals surface area (Å²) in [5.41, 5.74) is 3.54. The summed E-state index contributed by atoms with van der Waals surface area (Å²) < 4.78 is 1.97. The molecule has 1 aromatic heterocycles. The van der Waals surface area contributed by atoms with E-state index in [1.54, 1.807) is 0 Å². The third-order valence-corrected chi connectivity index (χ3v) is 4.14. The molecule has 2 heterocycles. The van der Waals surface area contributed by atoms with Gasteiger partial charge in [-0.3, -0.25) is 9.36 Å². The van der Waals surface area contributed by atoms with Gasteiger partial charge in [0.2, 0.25) is 5.78 Å². The number of aromatic nitrogens is 2. The molecule has 0 radical (unpaired) electrons. The summed E-state index contributed by atoms with van der Waals surface area (Å²) in [5.74, 6) is 0.528. The highest BCUT2D eigenvalue weighted by Crippen LogP contribution is 2.36. The van der Waals surface area contributed by atoms with E-state index in [1.165, 1.54) is 0 Å². The van der Waals surface area contributed by atoms with E-state index in [-0.39, 0.29) is 5.78 Å². The summed E-state index contributed by atoms with van der Waals surface area (Å²) >= 11 is 0. The second-order valence-corrected chi connectivity index (χ2v) is 5.27. The minimum Gasteiger partial charge on any atom is -0.289 e. The number of imidazole rings is 1. The van der Waals surface area contributed by atoms with Crippen molar-refractivity contribution >= 4 is 27.6 Å². The molecule has 0 atom stereocenters. The Balaban J connectivity index is 1.98. The number of hydrogen-bond donors (Lipinski definition) is 0. The summed E-state index contributed by atoms with van der Waals surface area (Å²) in [6.45, 7) is 0. The number of fused-ring (bicyclic) bond motifs is 7. The van der Waals surface area contributed by atoms with Crippen molar-refractivity contribution in [3.05, 3.63) is 72.1 Å². The largest absolute Gasteiger partial charge is 0.289 e. The highest BCUT2D eigenvalue weighted by atomic mass is 16.1. The highest BCUT2D eigenvalue weighted by Gasteiger charge is 2.31. The first-order valence-corrected chi connectivity index (χ1v) is 6.89. The van der Waals surface area contributed by atoms with E-state index >= 15 is 0 Å². The Morgan fingerprint density at radius 1 is 0.857 bits per heavy atom. The summed E-state index contributed by atoms with van der Waals surface area (Å²) in [6, 6.07) is 19.9. The zero-order valence-corrected chi connectivity index (χ0v) is 11.1. The molecule has 0 unspecified atom stereocenters. The Hall–Kier alpha value is -2.94. The predicted octanol–water partition coefficient (Wildman–Crippen LogP) is 3.72. The third-order valence-electron chi connectivity index (χ3n) is 4.14. The van der Waals surface area contributed by atoms with Crippen molar-refractivity contribution in [2.75, 3.05) is 0 Å². The number of carbonyl (C=O) groups excluding carboxylic acids is 1. The number of benzene rings is 3. The van der Waals surface area contributed by atoms with Crippen molar-refractivity contribution in [2.24, 2.45) is 0 Å². The van der Waals surface area contributed by atoms with Crippen LogP contribution in [0.15, 0.2) is 60.7 Å². The SMILES string of the molecule is O=C1c2c(ccc3ccccc23)-n2c1nc1ccccc12. The molecule has 0 saturated carbocycles. The maximum atomic E-state index is 12.8.